The Kier molecular flexibility index (Phi) is 1.68. The van der Waals surface area contributed by atoms with Crippen molar-refractivity contribution < 1.29 is 0 Å². The summed E-state index contributed by atoms with van der Waals surface area (Å²) in [6.45, 7) is 1.63. The molecular formula is C7H9N2O2. The highest BCUT2D eigenvalue weighted by molar-refractivity contribution is 4.99. The maximum absolute atomic E-state index is 11.1. The number of hydrogen-bond donors (Lipinski definition) is 0. The van der Waals surface area contributed by atoms with Gasteiger partial charge in [-0.15, -0.1) is 0 Å². The Labute approximate surface area is 63.7 Å². The van der Waals surface area contributed by atoms with E-state index in [0.29, 0.717) is 5.56 Å². The molecule has 0 aliphatic rings. The lowest BCUT2D eigenvalue weighted by Crippen LogP contribution is -2.37. The van der Waals surface area contributed by atoms with E-state index in [4.69, 9.17) is 0 Å². The average molecular weight is 153 g/mol. The molecule has 0 amide bonds. The molecule has 1 radical (unpaired) electrons. The van der Waals surface area contributed by atoms with Gasteiger partial charge in [0.05, 0.1) is 6.20 Å². The normalized spacial score (nSPS) is 10.1. The fourth-order valence-corrected chi connectivity index (χ4v) is 0.911. The van der Waals surface area contributed by atoms with E-state index in [2.05, 4.69) is 6.20 Å². The highest BCUT2D eigenvalue weighted by Gasteiger charge is 2.01. The molecule has 59 valence electrons. The molecule has 0 unspecified atom stereocenters. The van der Waals surface area contributed by atoms with Crippen molar-refractivity contribution in [1.29, 1.82) is 0 Å². The van der Waals surface area contributed by atoms with Crippen LogP contribution in [0.5, 0.6) is 0 Å². The van der Waals surface area contributed by atoms with Crippen LogP contribution in [0.25, 0.3) is 0 Å². The van der Waals surface area contributed by atoms with E-state index in [0.717, 1.165) is 4.57 Å². The van der Waals surface area contributed by atoms with Gasteiger partial charge in [0.1, 0.15) is 0 Å². The number of rotatable bonds is 0. The van der Waals surface area contributed by atoms with Gasteiger partial charge in [-0.1, -0.05) is 0 Å². The molecule has 11 heavy (non-hydrogen) atoms. The third kappa shape index (κ3) is 1.11. The van der Waals surface area contributed by atoms with E-state index in [1.807, 2.05) is 0 Å². The van der Waals surface area contributed by atoms with Crippen molar-refractivity contribution in [3.8, 4) is 0 Å². The number of aryl methyl sites for hydroxylation is 2. The van der Waals surface area contributed by atoms with Crippen LogP contribution in [0.2, 0.25) is 0 Å². The highest BCUT2D eigenvalue weighted by Crippen LogP contribution is 1.78. The molecule has 0 bridgehead atoms. The van der Waals surface area contributed by atoms with Crippen molar-refractivity contribution in [2.24, 2.45) is 14.1 Å². The Hall–Kier alpha value is -1.32. The first-order valence-electron chi connectivity index (χ1n) is 3.20. The summed E-state index contributed by atoms with van der Waals surface area (Å²) in [7, 11) is 3.01. The maximum atomic E-state index is 11.1. The molecule has 1 heterocycles. The summed E-state index contributed by atoms with van der Waals surface area (Å²) in [4.78, 5) is 22.1. The zero-order chi connectivity index (χ0) is 8.59. The van der Waals surface area contributed by atoms with E-state index in [1.54, 1.807) is 14.0 Å². The standard InChI is InChI=1S/C7H9N2O2/c1-5-4-8(2)7(11)9(3)6(5)10/h1-3H3. The van der Waals surface area contributed by atoms with Gasteiger partial charge in [-0.25, -0.2) is 4.79 Å². The van der Waals surface area contributed by atoms with Gasteiger partial charge in [0, 0.05) is 19.7 Å². The molecule has 0 saturated carbocycles. The molecule has 0 fully saturated rings. The molecule has 1 aromatic rings. The smallest absolute Gasteiger partial charge is 0.294 e. The van der Waals surface area contributed by atoms with Crippen molar-refractivity contribution in [1.82, 2.24) is 9.13 Å². The van der Waals surface area contributed by atoms with Gasteiger partial charge in [-0.05, 0) is 6.92 Å². The second-order valence-corrected chi connectivity index (χ2v) is 2.44. The van der Waals surface area contributed by atoms with Crippen molar-refractivity contribution in [3.63, 3.8) is 0 Å². The third-order valence-corrected chi connectivity index (χ3v) is 1.53. The van der Waals surface area contributed by atoms with Gasteiger partial charge in [0.2, 0.25) is 0 Å². The molecule has 1 rings (SSSR count). The number of nitrogens with zero attached hydrogens (tertiary/aromatic N) is 2. The first-order valence-corrected chi connectivity index (χ1v) is 3.20. The van der Waals surface area contributed by atoms with E-state index in [-0.39, 0.29) is 11.2 Å². The van der Waals surface area contributed by atoms with E-state index in [1.165, 1.54) is 11.6 Å². The van der Waals surface area contributed by atoms with Crippen LogP contribution in [0.1, 0.15) is 5.56 Å². The quantitative estimate of drug-likeness (QED) is 0.489. The average Bonchev–Trinajstić information content (AvgIpc) is 1.97. The minimum Gasteiger partial charge on any atom is -0.294 e. The Morgan fingerprint density at radius 1 is 1.27 bits per heavy atom. The lowest BCUT2D eigenvalue weighted by molar-refractivity contribution is 0.672. The van der Waals surface area contributed by atoms with Gasteiger partial charge < -0.3 is 0 Å². The highest BCUT2D eigenvalue weighted by atomic mass is 16.2. The van der Waals surface area contributed by atoms with E-state index < -0.39 is 0 Å². The van der Waals surface area contributed by atoms with Crippen molar-refractivity contribution in [3.05, 3.63) is 32.6 Å². The molecule has 0 aliphatic carbocycles. The van der Waals surface area contributed by atoms with Crippen molar-refractivity contribution >= 4 is 0 Å². The summed E-state index contributed by atoms with van der Waals surface area (Å²) in [5.74, 6) is 0. The van der Waals surface area contributed by atoms with Gasteiger partial charge >= 0.3 is 5.69 Å². The third-order valence-electron chi connectivity index (χ3n) is 1.53. The van der Waals surface area contributed by atoms with Gasteiger partial charge in [0.15, 0.2) is 0 Å². The molecule has 0 aliphatic heterocycles. The second-order valence-electron chi connectivity index (χ2n) is 2.44. The summed E-state index contributed by atoms with van der Waals surface area (Å²) >= 11 is 0. The summed E-state index contributed by atoms with van der Waals surface area (Å²) in [6.07, 6.45) is 2.62. The molecule has 0 saturated heterocycles. The maximum Gasteiger partial charge on any atom is 0.330 e. The summed E-state index contributed by atoms with van der Waals surface area (Å²) in [6, 6.07) is 0. The van der Waals surface area contributed by atoms with Gasteiger partial charge in [-0.3, -0.25) is 13.9 Å². The predicted octanol–water partition coefficient (Wildman–Crippen LogP) is -0.807. The minimum atomic E-state index is -0.347. The molecule has 4 nitrogen and oxygen atoms in total. The van der Waals surface area contributed by atoms with E-state index in [9.17, 15) is 9.59 Å². The molecule has 0 aromatic carbocycles. The topological polar surface area (TPSA) is 44.0 Å². The summed E-state index contributed by atoms with van der Waals surface area (Å²) in [5.41, 5.74) is -0.177. The summed E-state index contributed by atoms with van der Waals surface area (Å²) in [5, 5.41) is 0. The zero-order valence-corrected chi connectivity index (χ0v) is 6.71. The Morgan fingerprint density at radius 2 is 1.82 bits per heavy atom. The number of aromatic nitrogens is 2. The van der Waals surface area contributed by atoms with Crippen LogP contribution in [0.3, 0.4) is 0 Å². The molecule has 0 N–H and O–H groups in total. The fourth-order valence-electron chi connectivity index (χ4n) is 0.911. The lowest BCUT2D eigenvalue weighted by Gasteiger charge is -2.00. The first-order chi connectivity index (χ1) is 5.04. The van der Waals surface area contributed by atoms with Crippen LogP contribution >= 0.6 is 0 Å². The lowest BCUT2D eigenvalue weighted by atomic mass is 10.4. The van der Waals surface area contributed by atoms with Crippen LogP contribution in [0, 0.1) is 13.1 Å². The Morgan fingerprint density at radius 3 is 2.36 bits per heavy atom. The zero-order valence-electron chi connectivity index (χ0n) is 6.71. The molecule has 0 atom stereocenters. The molecule has 0 spiro atoms. The minimum absolute atomic E-state index is 0.284. The molecular weight excluding hydrogens is 144 g/mol. The largest absolute Gasteiger partial charge is 0.330 e. The van der Waals surface area contributed by atoms with Gasteiger partial charge in [0.25, 0.3) is 5.56 Å². The molecule has 1 aromatic heterocycles. The van der Waals surface area contributed by atoms with Crippen molar-refractivity contribution in [2.75, 3.05) is 0 Å². The van der Waals surface area contributed by atoms with Crippen LogP contribution in [-0.4, -0.2) is 9.13 Å². The van der Waals surface area contributed by atoms with Crippen molar-refractivity contribution in [2.45, 2.75) is 6.92 Å². The SMILES string of the molecule is Cc1[c]n(C)c(=O)n(C)c1=O. The Bertz CT molecular complexity index is 352. The monoisotopic (exact) mass is 153 g/mol. The first kappa shape index (κ1) is 7.78. The predicted molar refractivity (Wildman–Crippen MR) is 40.5 cm³/mol. The van der Waals surface area contributed by atoms with E-state index >= 15 is 0 Å². The van der Waals surface area contributed by atoms with Gasteiger partial charge in [-0.2, -0.15) is 0 Å². The second kappa shape index (κ2) is 2.38. The van der Waals surface area contributed by atoms with Crippen LogP contribution in [0.15, 0.2) is 9.59 Å². The number of hydrogen-bond acceptors (Lipinski definition) is 2. The summed E-state index contributed by atoms with van der Waals surface area (Å²) < 4.78 is 2.32. The Balaban J connectivity index is 3.74. The fraction of sp³-hybridized carbons (Fsp3) is 0.429. The van der Waals surface area contributed by atoms with Crippen LogP contribution < -0.4 is 11.2 Å². The molecule has 4 heteroatoms. The van der Waals surface area contributed by atoms with Crippen LogP contribution in [-0.2, 0) is 14.1 Å². The van der Waals surface area contributed by atoms with Crippen LogP contribution in [0.4, 0.5) is 0 Å².